The van der Waals surface area contributed by atoms with Gasteiger partial charge in [0, 0.05) is 0 Å². The van der Waals surface area contributed by atoms with Gasteiger partial charge in [0.1, 0.15) is 0 Å². The molecular weight excluding hydrogens is 112 g/mol. The van der Waals surface area contributed by atoms with E-state index >= 15 is 0 Å². The Morgan fingerprint density at radius 3 is 2.89 bits per heavy atom. The molecule has 0 spiro atoms. The molecule has 1 aliphatic rings. The van der Waals surface area contributed by atoms with Crippen LogP contribution in [0.25, 0.3) is 0 Å². The minimum absolute atomic E-state index is 0.253. The molecule has 1 atom stereocenters. The Hall–Kier alpha value is -0.300. The lowest BCUT2D eigenvalue weighted by atomic mass is 10.1. The van der Waals surface area contributed by atoms with Crippen molar-refractivity contribution in [2.24, 2.45) is 0 Å². The van der Waals surface area contributed by atoms with Crippen LogP contribution in [-0.2, 0) is 4.74 Å². The normalized spacial score (nSPS) is 32.1. The maximum atomic E-state index is 5.21. The lowest BCUT2D eigenvalue weighted by molar-refractivity contribution is 0.305. The number of allylic oxidation sites excluding steroid dienone is 1. The second kappa shape index (κ2) is 2.53. The first kappa shape index (κ1) is 6.81. The summed E-state index contributed by atoms with van der Waals surface area (Å²) in [6.45, 7) is 6.79. The highest BCUT2D eigenvalue weighted by Gasteiger charge is 2.37. The largest absolute Gasteiger partial charge is 0.370 e. The van der Waals surface area contributed by atoms with Crippen molar-refractivity contribution in [2.45, 2.75) is 31.8 Å². The molecule has 1 heteroatoms. The fourth-order valence-corrected chi connectivity index (χ4v) is 0.888. The number of epoxide rings is 1. The van der Waals surface area contributed by atoms with Crippen LogP contribution in [0, 0.1) is 0 Å². The third kappa shape index (κ3) is 2.19. The predicted molar refractivity (Wildman–Crippen MR) is 38.4 cm³/mol. The first-order valence-electron chi connectivity index (χ1n) is 3.52. The van der Waals surface area contributed by atoms with Gasteiger partial charge in [0.05, 0.1) is 12.2 Å². The van der Waals surface area contributed by atoms with E-state index in [2.05, 4.69) is 13.5 Å². The summed E-state index contributed by atoms with van der Waals surface area (Å²) < 4.78 is 5.21. The van der Waals surface area contributed by atoms with Gasteiger partial charge in [0.15, 0.2) is 0 Å². The van der Waals surface area contributed by atoms with Gasteiger partial charge in [-0.25, -0.2) is 0 Å². The first-order chi connectivity index (χ1) is 4.27. The van der Waals surface area contributed by atoms with Crippen LogP contribution in [0.1, 0.15) is 26.2 Å². The predicted octanol–water partition coefficient (Wildman–Crippen LogP) is 2.13. The van der Waals surface area contributed by atoms with E-state index in [0.29, 0.717) is 0 Å². The smallest absolute Gasteiger partial charge is 0.0888 e. The molecule has 1 heterocycles. The summed E-state index contributed by atoms with van der Waals surface area (Å²) in [6.07, 6.45) is 5.50. The highest BCUT2D eigenvalue weighted by Crippen LogP contribution is 2.31. The van der Waals surface area contributed by atoms with Gasteiger partial charge in [-0.05, 0) is 26.2 Å². The summed E-state index contributed by atoms with van der Waals surface area (Å²) in [5.41, 5.74) is 0.253. The zero-order valence-electron chi connectivity index (χ0n) is 6.02. The summed E-state index contributed by atoms with van der Waals surface area (Å²) in [5.74, 6) is 0. The van der Waals surface area contributed by atoms with Crippen LogP contribution in [0.2, 0.25) is 0 Å². The Balaban J connectivity index is 1.98. The van der Waals surface area contributed by atoms with Gasteiger partial charge >= 0.3 is 0 Å². The van der Waals surface area contributed by atoms with Gasteiger partial charge in [-0.2, -0.15) is 0 Å². The van der Waals surface area contributed by atoms with Gasteiger partial charge in [-0.1, -0.05) is 6.08 Å². The van der Waals surface area contributed by atoms with Crippen molar-refractivity contribution in [2.75, 3.05) is 6.61 Å². The summed E-state index contributed by atoms with van der Waals surface area (Å²) in [7, 11) is 0. The summed E-state index contributed by atoms with van der Waals surface area (Å²) in [4.78, 5) is 0. The molecule has 0 N–H and O–H groups in total. The Bertz CT molecular complexity index is 103. The van der Waals surface area contributed by atoms with Gasteiger partial charge in [-0.3, -0.25) is 0 Å². The number of unbranched alkanes of at least 4 members (excludes halogenated alkanes) is 1. The van der Waals surface area contributed by atoms with Gasteiger partial charge in [-0.15, -0.1) is 6.58 Å². The van der Waals surface area contributed by atoms with Gasteiger partial charge < -0.3 is 4.74 Å². The summed E-state index contributed by atoms with van der Waals surface area (Å²) >= 11 is 0. The van der Waals surface area contributed by atoms with Crippen LogP contribution in [0.5, 0.6) is 0 Å². The second-order valence-electron chi connectivity index (χ2n) is 2.92. The molecule has 52 valence electrons. The topological polar surface area (TPSA) is 12.5 Å². The zero-order valence-corrected chi connectivity index (χ0v) is 6.02. The van der Waals surface area contributed by atoms with Crippen LogP contribution in [-0.4, -0.2) is 12.2 Å². The number of ether oxygens (including phenoxy) is 1. The fraction of sp³-hybridized carbons (Fsp3) is 0.750. The van der Waals surface area contributed by atoms with E-state index in [1.165, 1.54) is 12.8 Å². The number of hydrogen-bond donors (Lipinski definition) is 0. The molecule has 1 saturated heterocycles. The standard InChI is InChI=1S/C8H14O/c1-3-4-5-6-8(2)7-9-8/h3H,1,4-7H2,2H3/t8-/m0/s1. The molecule has 1 fully saturated rings. The Labute approximate surface area is 56.7 Å². The maximum absolute atomic E-state index is 5.21. The maximum Gasteiger partial charge on any atom is 0.0888 e. The SMILES string of the molecule is C=CCCC[C@@]1(C)CO1. The van der Waals surface area contributed by atoms with Crippen molar-refractivity contribution in [3.05, 3.63) is 12.7 Å². The van der Waals surface area contributed by atoms with Crippen LogP contribution in [0.3, 0.4) is 0 Å². The number of hydrogen-bond acceptors (Lipinski definition) is 1. The molecule has 1 nitrogen and oxygen atoms in total. The molecule has 0 aromatic carbocycles. The third-order valence-corrected chi connectivity index (χ3v) is 1.75. The van der Waals surface area contributed by atoms with E-state index in [4.69, 9.17) is 4.74 Å². The van der Waals surface area contributed by atoms with E-state index in [-0.39, 0.29) is 5.60 Å². The molecule has 0 unspecified atom stereocenters. The lowest BCUT2D eigenvalue weighted by Crippen LogP contribution is -2.02. The molecule has 9 heavy (non-hydrogen) atoms. The van der Waals surface area contributed by atoms with Crippen LogP contribution in [0.15, 0.2) is 12.7 Å². The molecule has 0 radical (unpaired) electrons. The summed E-state index contributed by atoms with van der Waals surface area (Å²) in [5, 5.41) is 0. The molecule has 0 saturated carbocycles. The van der Waals surface area contributed by atoms with E-state index < -0.39 is 0 Å². The van der Waals surface area contributed by atoms with Crippen LogP contribution < -0.4 is 0 Å². The van der Waals surface area contributed by atoms with E-state index in [9.17, 15) is 0 Å². The van der Waals surface area contributed by atoms with Crippen molar-refractivity contribution in [3.63, 3.8) is 0 Å². The van der Waals surface area contributed by atoms with Crippen molar-refractivity contribution >= 4 is 0 Å². The van der Waals surface area contributed by atoms with Gasteiger partial charge in [0.25, 0.3) is 0 Å². The molecule has 1 rings (SSSR count). The van der Waals surface area contributed by atoms with Crippen molar-refractivity contribution < 1.29 is 4.74 Å². The van der Waals surface area contributed by atoms with Crippen molar-refractivity contribution in [1.82, 2.24) is 0 Å². The molecule has 0 aromatic heterocycles. The Kier molecular flexibility index (Phi) is 1.91. The average Bonchev–Trinajstić information content (AvgIpc) is 2.50. The molecule has 1 aliphatic heterocycles. The average molecular weight is 126 g/mol. The monoisotopic (exact) mass is 126 g/mol. The Morgan fingerprint density at radius 2 is 2.44 bits per heavy atom. The van der Waals surface area contributed by atoms with E-state index in [1.807, 2.05) is 6.08 Å². The van der Waals surface area contributed by atoms with E-state index in [1.54, 1.807) is 0 Å². The quantitative estimate of drug-likeness (QED) is 0.319. The minimum atomic E-state index is 0.253. The van der Waals surface area contributed by atoms with Crippen molar-refractivity contribution in [1.29, 1.82) is 0 Å². The second-order valence-corrected chi connectivity index (χ2v) is 2.92. The summed E-state index contributed by atoms with van der Waals surface area (Å²) in [6, 6.07) is 0. The molecule has 0 bridgehead atoms. The Morgan fingerprint density at radius 1 is 1.78 bits per heavy atom. The zero-order chi connectivity index (χ0) is 6.74. The third-order valence-electron chi connectivity index (χ3n) is 1.75. The first-order valence-corrected chi connectivity index (χ1v) is 3.52. The van der Waals surface area contributed by atoms with E-state index in [0.717, 1.165) is 13.0 Å². The number of rotatable bonds is 4. The highest BCUT2D eigenvalue weighted by molar-refractivity contribution is 4.87. The highest BCUT2D eigenvalue weighted by atomic mass is 16.6. The molecular formula is C8H14O. The fourth-order valence-electron chi connectivity index (χ4n) is 0.888. The molecule has 0 amide bonds. The van der Waals surface area contributed by atoms with Crippen LogP contribution in [0.4, 0.5) is 0 Å². The minimum Gasteiger partial charge on any atom is -0.370 e. The van der Waals surface area contributed by atoms with Gasteiger partial charge in [0.2, 0.25) is 0 Å². The molecule has 0 aromatic rings. The van der Waals surface area contributed by atoms with Crippen LogP contribution >= 0.6 is 0 Å². The molecule has 0 aliphatic carbocycles. The van der Waals surface area contributed by atoms with Crippen molar-refractivity contribution in [3.8, 4) is 0 Å². The lowest BCUT2D eigenvalue weighted by Gasteiger charge is -2.00.